The van der Waals surface area contributed by atoms with Gasteiger partial charge in [0, 0.05) is 28.2 Å². The van der Waals surface area contributed by atoms with Gasteiger partial charge < -0.3 is 16.2 Å². The average Bonchev–Trinajstić information content (AvgIpc) is 2.59. The zero-order valence-corrected chi connectivity index (χ0v) is 14.8. The highest BCUT2D eigenvalue weighted by molar-refractivity contribution is 6.36. The molecule has 2 aromatic carbocycles. The van der Waals surface area contributed by atoms with Crippen LogP contribution in [0, 0.1) is 5.92 Å². The maximum absolute atomic E-state index is 12.3. The molecule has 6 heteroatoms. The predicted octanol–water partition coefficient (Wildman–Crippen LogP) is 3.48. The van der Waals surface area contributed by atoms with Crippen LogP contribution in [0.5, 0.6) is 0 Å². The fourth-order valence-electron chi connectivity index (χ4n) is 2.42. The first kappa shape index (κ1) is 18.7. The number of nitrogens with one attached hydrogen (secondary N) is 1. The summed E-state index contributed by atoms with van der Waals surface area (Å²) >= 11 is 12.1. The predicted molar refractivity (Wildman–Crippen MR) is 97.0 cm³/mol. The van der Waals surface area contributed by atoms with Crippen LogP contribution in [0.1, 0.15) is 30.2 Å². The van der Waals surface area contributed by atoms with Gasteiger partial charge in [0.25, 0.3) is 0 Å². The summed E-state index contributed by atoms with van der Waals surface area (Å²) in [5.74, 6) is -0.685. The summed E-state index contributed by atoms with van der Waals surface area (Å²) in [5, 5.41) is 13.7. The number of nitrogens with two attached hydrogens (primary N) is 1. The summed E-state index contributed by atoms with van der Waals surface area (Å²) in [6.45, 7) is 1.76. The molecule has 0 heterocycles. The lowest BCUT2D eigenvalue weighted by atomic mass is 9.94. The number of halogens is 2. The van der Waals surface area contributed by atoms with Crippen molar-refractivity contribution in [3.63, 3.8) is 0 Å². The standard InChI is InChI=1S/C18H20Cl2N2O2/c1-11(17(21)12-6-3-2-4-7-12)18(24)22-10-15(23)16-13(19)8-5-9-14(16)20/h2-9,11,15,17,23H,10,21H2,1H3,(H,22,24). The number of hydrogen-bond donors (Lipinski definition) is 3. The van der Waals surface area contributed by atoms with Crippen molar-refractivity contribution in [2.24, 2.45) is 11.7 Å². The van der Waals surface area contributed by atoms with Gasteiger partial charge in [-0.3, -0.25) is 4.79 Å². The largest absolute Gasteiger partial charge is 0.386 e. The van der Waals surface area contributed by atoms with Crippen molar-refractivity contribution in [1.29, 1.82) is 0 Å². The molecule has 0 saturated carbocycles. The van der Waals surface area contributed by atoms with Gasteiger partial charge in [0.15, 0.2) is 0 Å². The lowest BCUT2D eigenvalue weighted by Crippen LogP contribution is -2.37. The fourth-order valence-corrected chi connectivity index (χ4v) is 3.07. The van der Waals surface area contributed by atoms with Crippen LogP contribution in [0.15, 0.2) is 48.5 Å². The third-order valence-electron chi connectivity index (χ3n) is 3.94. The quantitative estimate of drug-likeness (QED) is 0.732. The lowest BCUT2D eigenvalue weighted by Gasteiger charge is -2.21. The van der Waals surface area contributed by atoms with Crippen molar-refractivity contribution >= 4 is 29.1 Å². The molecule has 0 fully saturated rings. The molecular weight excluding hydrogens is 347 g/mol. The van der Waals surface area contributed by atoms with Crippen molar-refractivity contribution < 1.29 is 9.90 Å². The SMILES string of the molecule is CC(C(=O)NCC(O)c1c(Cl)cccc1Cl)C(N)c1ccccc1. The summed E-state index contributed by atoms with van der Waals surface area (Å²) in [6.07, 6.45) is -0.990. The molecule has 0 radical (unpaired) electrons. The number of aliphatic hydroxyl groups excluding tert-OH is 1. The summed E-state index contributed by atoms with van der Waals surface area (Å²) in [6, 6.07) is 14.0. The van der Waals surface area contributed by atoms with E-state index in [-0.39, 0.29) is 12.5 Å². The Bertz CT molecular complexity index is 674. The van der Waals surface area contributed by atoms with E-state index in [0.29, 0.717) is 15.6 Å². The van der Waals surface area contributed by atoms with Crippen LogP contribution < -0.4 is 11.1 Å². The molecule has 0 aliphatic heterocycles. The Labute approximate surface area is 151 Å². The zero-order chi connectivity index (χ0) is 17.7. The summed E-state index contributed by atoms with van der Waals surface area (Å²) in [7, 11) is 0. The number of rotatable bonds is 6. The van der Waals surface area contributed by atoms with Gasteiger partial charge in [-0.05, 0) is 17.7 Å². The van der Waals surface area contributed by atoms with Crippen molar-refractivity contribution in [2.45, 2.75) is 19.1 Å². The highest BCUT2D eigenvalue weighted by atomic mass is 35.5. The van der Waals surface area contributed by atoms with Crippen molar-refractivity contribution in [3.8, 4) is 0 Å². The third kappa shape index (κ3) is 4.48. The minimum atomic E-state index is -0.990. The molecule has 0 bridgehead atoms. The molecule has 0 aliphatic rings. The van der Waals surface area contributed by atoms with E-state index in [1.165, 1.54) is 0 Å². The van der Waals surface area contributed by atoms with Crippen molar-refractivity contribution in [3.05, 3.63) is 69.7 Å². The Morgan fingerprint density at radius 1 is 1.12 bits per heavy atom. The normalized spacial score (nSPS) is 14.7. The number of amides is 1. The van der Waals surface area contributed by atoms with Gasteiger partial charge >= 0.3 is 0 Å². The summed E-state index contributed by atoms with van der Waals surface area (Å²) < 4.78 is 0. The van der Waals surface area contributed by atoms with Gasteiger partial charge in [-0.2, -0.15) is 0 Å². The first-order valence-electron chi connectivity index (χ1n) is 7.62. The Morgan fingerprint density at radius 3 is 2.29 bits per heavy atom. The van der Waals surface area contributed by atoms with E-state index in [9.17, 15) is 9.90 Å². The van der Waals surface area contributed by atoms with Gasteiger partial charge in [-0.15, -0.1) is 0 Å². The summed E-state index contributed by atoms with van der Waals surface area (Å²) in [5.41, 5.74) is 7.43. The van der Waals surface area contributed by atoms with Gasteiger partial charge in [-0.1, -0.05) is 66.5 Å². The second-order valence-corrected chi connectivity index (χ2v) is 6.44. The van der Waals surface area contributed by atoms with E-state index in [0.717, 1.165) is 5.56 Å². The average molecular weight is 367 g/mol. The van der Waals surface area contributed by atoms with Crippen LogP contribution in [0.3, 0.4) is 0 Å². The minimum Gasteiger partial charge on any atom is -0.386 e. The van der Waals surface area contributed by atoms with E-state index < -0.39 is 18.1 Å². The van der Waals surface area contributed by atoms with Crippen LogP contribution in [-0.4, -0.2) is 17.6 Å². The van der Waals surface area contributed by atoms with E-state index in [2.05, 4.69) is 5.32 Å². The molecule has 24 heavy (non-hydrogen) atoms. The molecule has 2 rings (SSSR count). The van der Waals surface area contributed by atoms with Gasteiger partial charge in [-0.25, -0.2) is 0 Å². The first-order valence-corrected chi connectivity index (χ1v) is 8.37. The van der Waals surface area contributed by atoms with Crippen LogP contribution in [0.2, 0.25) is 10.0 Å². The highest BCUT2D eigenvalue weighted by Gasteiger charge is 2.23. The molecule has 4 N–H and O–H groups in total. The summed E-state index contributed by atoms with van der Waals surface area (Å²) in [4.78, 5) is 12.3. The second-order valence-electron chi connectivity index (χ2n) is 5.62. The molecule has 2 aromatic rings. The topological polar surface area (TPSA) is 75.3 Å². The first-order chi connectivity index (χ1) is 11.4. The minimum absolute atomic E-state index is 0.00807. The van der Waals surface area contributed by atoms with Crippen LogP contribution >= 0.6 is 23.2 Å². The molecule has 0 aliphatic carbocycles. The lowest BCUT2D eigenvalue weighted by molar-refractivity contribution is -0.125. The van der Waals surface area contributed by atoms with Crippen LogP contribution in [0.4, 0.5) is 0 Å². The third-order valence-corrected chi connectivity index (χ3v) is 4.60. The van der Waals surface area contributed by atoms with E-state index in [1.54, 1.807) is 25.1 Å². The Morgan fingerprint density at radius 2 is 1.71 bits per heavy atom. The maximum Gasteiger partial charge on any atom is 0.224 e. The fraction of sp³-hybridized carbons (Fsp3) is 0.278. The Kier molecular flexibility index (Phi) is 6.63. The van der Waals surface area contributed by atoms with Gasteiger partial charge in [0.1, 0.15) is 0 Å². The highest BCUT2D eigenvalue weighted by Crippen LogP contribution is 2.30. The smallest absolute Gasteiger partial charge is 0.224 e. The molecule has 4 nitrogen and oxygen atoms in total. The number of aliphatic hydroxyl groups is 1. The molecule has 128 valence electrons. The molecule has 0 aromatic heterocycles. The monoisotopic (exact) mass is 366 g/mol. The number of carbonyl (C=O) groups is 1. The number of hydrogen-bond acceptors (Lipinski definition) is 3. The van der Waals surface area contributed by atoms with Crippen molar-refractivity contribution in [1.82, 2.24) is 5.32 Å². The maximum atomic E-state index is 12.3. The molecule has 3 atom stereocenters. The van der Waals surface area contributed by atoms with E-state index >= 15 is 0 Å². The second kappa shape index (κ2) is 8.49. The van der Waals surface area contributed by atoms with Crippen LogP contribution in [-0.2, 0) is 4.79 Å². The Balaban J connectivity index is 1.97. The van der Waals surface area contributed by atoms with Gasteiger partial charge in [0.2, 0.25) is 5.91 Å². The molecular formula is C18H20Cl2N2O2. The molecule has 0 saturated heterocycles. The Hall–Kier alpha value is -1.59. The molecule has 1 amide bonds. The molecule has 0 spiro atoms. The van der Waals surface area contributed by atoms with E-state index in [1.807, 2.05) is 30.3 Å². The molecule has 3 unspecified atom stereocenters. The number of carbonyl (C=O) groups excluding carboxylic acids is 1. The van der Waals surface area contributed by atoms with E-state index in [4.69, 9.17) is 28.9 Å². The number of benzene rings is 2. The van der Waals surface area contributed by atoms with Crippen molar-refractivity contribution in [2.75, 3.05) is 6.54 Å². The van der Waals surface area contributed by atoms with Gasteiger partial charge in [0.05, 0.1) is 12.0 Å². The zero-order valence-electron chi connectivity index (χ0n) is 13.2. The van der Waals surface area contributed by atoms with Crippen LogP contribution in [0.25, 0.3) is 0 Å².